The van der Waals surface area contributed by atoms with Crippen LogP contribution in [0.25, 0.3) is 0 Å². The molecule has 0 aromatic heterocycles. The number of hydrogen-bond donors (Lipinski definition) is 2. The van der Waals surface area contributed by atoms with Gasteiger partial charge in [-0.3, -0.25) is 5.32 Å². The van der Waals surface area contributed by atoms with Crippen molar-refractivity contribution in [3.05, 3.63) is 0 Å². The molecule has 0 spiro atoms. The molecule has 0 saturated heterocycles. The Bertz CT molecular complexity index is 340. The summed E-state index contributed by atoms with van der Waals surface area (Å²) >= 11 is 25.1. The fourth-order valence-corrected chi connectivity index (χ4v) is 5.51. The van der Waals surface area contributed by atoms with Crippen LogP contribution in [-0.4, -0.2) is 51.6 Å². The molecular formula is C15H25Cl4NO2. The average Bonchev–Trinajstić information content (AvgIpc) is 2.43. The van der Waals surface area contributed by atoms with Gasteiger partial charge in [-0.05, 0) is 31.6 Å². The van der Waals surface area contributed by atoms with Gasteiger partial charge in [-0.15, -0.1) is 46.4 Å². The van der Waals surface area contributed by atoms with E-state index in [1.807, 2.05) is 6.92 Å². The van der Waals surface area contributed by atoms with E-state index >= 15 is 0 Å². The number of ether oxygens (including phenoxy) is 1. The summed E-state index contributed by atoms with van der Waals surface area (Å²) in [5.41, 5.74) is 0. The molecule has 2 saturated carbocycles. The van der Waals surface area contributed by atoms with E-state index in [0.717, 1.165) is 25.7 Å². The smallest absolute Gasteiger partial charge is 0.0972 e. The average molecular weight is 393 g/mol. The minimum Gasteiger partial charge on any atom is -0.390 e. The molecule has 0 aromatic rings. The van der Waals surface area contributed by atoms with Crippen molar-refractivity contribution in [2.75, 3.05) is 6.73 Å². The predicted octanol–water partition coefficient (Wildman–Crippen LogP) is 3.69. The van der Waals surface area contributed by atoms with Crippen LogP contribution in [0, 0.1) is 5.92 Å². The van der Waals surface area contributed by atoms with Gasteiger partial charge in [0.15, 0.2) is 0 Å². The van der Waals surface area contributed by atoms with Gasteiger partial charge in [-0.2, -0.15) is 0 Å². The van der Waals surface area contributed by atoms with Crippen molar-refractivity contribution in [1.82, 2.24) is 5.32 Å². The number of rotatable bonds is 5. The summed E-state index contributed by atoms with van der Waals surface area (Å²) in [6, 6.07) is -0.144. The van der Waals surface area contributed by atoms with Crippen molar-refractivity contribution < 1.29 is 9.84 Å². The highest BCUT2D eigenvalue weighted by atomic mass is 35.5. The minimum atomic E-state index is -0.613. The zero-order valence-corrected chi connectivity index (χ0v) is 15.8. The van der Waals surface area contributed by atoms with Crippen molar-refractivity contribution in [1.29, 1.82) is 0 Å². The van der Waals surface area contributed by atoms with Gasteiger partial charge in [0.1, 0.15) is 0 Å². The van der Waals surface area contributed by atoms with E-state index in [1.165, 1.54) is 0 Å². The fourth-order valence-electron chi connectivity index (χ4n) is 3.46. The van der Waals surface area contributed by atoms with Crippen LogP contribution in [0.3, 0.4) is 0 Å². The molecule has 2 aliphatic rings. The molecule has 7 heteroatoms. The van der Waals surface area contributed by atoms with Gasteiger partial charge in [0.05, 0.1) is 24.3 Å². The highest BCUT2D eigenvalue weighted by molar-refractivity contribution is 6.24. The Balaban J connectivity index is 1.77. The van der Waals surface area contributed by atoms with Crippen molar-refractivity contribution in [3.63, 3.8) is 0 Å². The summed E-state index contributed by atoms with van der Waals surface area (Å²) in [6.07, 6.45) is 3.47. The SMILES string of the molecule is CCC1C(Cl)CC(NCOC2CC(Cl)CC(Cl)C2)C(O)C1Cl. The van der Waals surface area contributed by atoms with Gasteiger partial charge in [0.2, 0.25) is 0 Å². The molecule has 2 fully saturated rings. The maximum atomic E-state index is 10.3. The fraction of sp³-hybridized carbons (Fsp3) is 1.00. The summed E-state index contributed by atoms with van der Waals surface area (Å²) in [5.74, 6) is 0.143. The van der Waals surface area contributed by atoms with E-state index in [4.69, 9.17) is 51.1 Å². The normalized spacial score (nSPS) is 46.6. The van der Waals surface area contributed by atoms with E-state index < -0.39 is 6.10 Å². The van der Waals surface area contributed by atoms with Crippen molar-refractivity contribution in [2.45, 2.75) is 78.8 Å². The number of aliphatic hydroxyl groups excluding tert-OH is 1. The molecule has 0 amide bonds. The Morgan fingerprint density at radius 2 is 1.68 bits per heavy atom. The molecule has 130 valence electrons. The van der Waals surface area contributed by atoms with Crippen molar-refractivity contribution >= 4 is 46.4 Å². The predicted molar refractivity (Wildman–Crippen MR) is 93.5 cm³/mol. The summed E-state index contributed by atoms with van der Waals surface area (Å²) in [6.45, 7) is 2.40. The zero-order valence-electron chi connectivity index (χ0n) is 12.7. The maximum absolute atomic E-state index is 10.3. The standard InChI is InChI=1S/C15H25Cl4NO2/c1-2-11-12(18)6-13(15(21)14(11)19)20-7-22-10-4-8(16)3-9(17)5-10/h8-15,20-21H,2-7H2,1H3. The second-order valence-corrected chi connectivity index (χ2v) is 8.70. The molecule has 0 radical (unpaired) electrons. The van der Waals surface area contributed by atoms with Crippen LogP contribution < -0.4 is 5.32 Å². The van der Waals surface area contributed by atoms with E-state index in [0.29, 0.717) is 13.2 Å². The van der Waals surface area contributed by atoms with Crippen LogP contribution in [0.5, 0.6) is 0 Å². The molecule has 2 aliphatic carbocycles. The van der Waals surface area contributed by atoms with Crippen LogP contribution in [0.15, 0.2) is 0 Å². The molecule has 2 rings (SSSR count). The topological polar surface area (TPSA) is 41.5 Å². The minimum absolute atomic E-state index is 0.0254. The van der Waals surface area contributed by atoms with Crippen molar-refractivity contribution in [2.24, 2.45) is 5.92 Å². The van der Waals surface area contributed by atoms with Crippen LogP contribution in [0.1, 0.15) is 39.0 Å². The number of hydrogen-bond acceptors (Lipinski definition) is 3. The van der Waals surface area contributed by atoms with Crippen LogP contribution >= 0.6 is 46.4 Å². The van der Waals surface area contributed by atoms with Gasteiger partial charge < -0.3 is 9.84 Å². The highest BCUT2D eigenvalue weighted by Gasteiger charge is 2.41. The number of halogens is 4. The number of aliphatic hydroxyl groups is 1. The Morgan fingerprint density at radius 1 is 1.05 bits per heavy atom. The summed E-state index contributed by atoms with van der Waals surface area (Å²) < 4.78 is 5.82. The lowest BCUT2D eigenvalue weighted by molar-refractivity contribution is -0.00524. The summed E-state index contributed by atoms with van der Waals surface area (Å²) in [4.78, 5) is 0. The third kappa shape index (κ3) is 5.02. The van der Waals surface area contributed by atoms with Crippen LogP contribution in [0.2, 0.25) is 0 Å². The Labute approximate surface area is 153 Å². The van der Waals surface area contributed by atoms with E-state index in [2.05, 4.69) is 5.32 Å². The third-order valence-electron chi connectivity index (χ3n) is 4.78. The largest absolute Gasteiger partial charge is 0.390 e. The molecule has 2 N–H and O–H groups in total. The van der Waals surface area contributed by atoms with Crippen molar-refractivity contribution in [3.8, 4) is 0 Å². The lowest BCUT2D eigenvalue weighted by Gasteiger charge is -2.40. The Hall–Kier alpha value is 1.04. The summed E-state index contributed by atoms with van der Waals surface area (Å²) in [5, 5.41) is 13.4. The number of nitrogens with one attached hydrogen (secondary N) is 1. The molecule has 22 heavy (non-hydrogen) atoms. The molecule has 0 bridgehead atoms. The molecule has 0 aliphatic heterocycles. The molecule has 7 atom stereocenters. The van der Waals surface area contributed by atoms with Gasteiger partial charge in [0.25, 0.3) is 0 Å². The maximum Gasteiger partial charge on any atom is 0.0972 e. The first-order chi connectivity index (χ1) is 10.4. The monoisotopic (exact) mass is 391 g/mol. The lowest BCUT2D eigenvalue weighted by Crippen LogP contribution is -2.55. The summed E-state index contributed by atoms with van der Waals surface area (Å²) in [7, 11) is 0. The molecule has 0 aromatic carbocycles. The van der Waals surface area contributed by atoms with Crippen LogP contribution in [0.4, 0.5) is 0 Å². The van der Waals surface area contributed by atoms with Gasteiger partial charge >= 0.3 is 0 Å². The van der Waals surface area contributed by atoms with Gasteiger partial charge in [0, 0.05) is 22.2 Å². The Morgan fingerprint density at radius 3 is 2.27 bits per heavy atom. The second-order valence-electron chi connectivity index (χ2n) is 6.40. The first-order valence-corrected chi connectivity index (χ1v) is 9.76. The van der Waals surface area contributed by atoms with Gasteiger partial charge in [-0.25, -0.2) is 0 Å². The second kappa shape index (κ2) is 8.94. The van der Waals surface area contributed by atoms with E-state index in [9.17, 15) is 5.11 Å². The quantitative estimate of drug-likeness (QED) is 0.553. The lowest BCUT2D eigenvalue weighted by atomic mass is 9.81. The highest BCUT2D eigenvalue weighted by Crippen LogP contribution is 2.35. The zero-order chi connectivity index (χ0) is 16.3. The van der Waals surface area contributed by atoms with Gasteiger partial charge in [-0.1, -0.05) is 13.3 Å². The molecular weight excluding hydrogens is 368 g/mol. The van der Waals surface area contributed by atoms with Crippen LogP contribution in [-0.2, 0) is 4.74 Å². The van der Waals surface area contributed by atoms with E-state index in [-0.39, 0.29) is 39.6 Å². The molecule has 7 unspecified atom stereocenters. The number of alkyl halides is 4. The molecule has 0 heterocycles. The molecule has 3 nitrogen and oxygen atoms in total. The third-order valence-corrected chi connectivity index (χ3v) is 6.57. The first kappa shape index (κ1) is 19.4. The van der Waals surface area contributed by atoms with E-state index in [1.54, 1.807) is 0 Å². The Kier molecular flexibility index (Phi) is 7.87. The first-order valence-electron chi connectivity index (χ1n) is 8.01.